The van der Waals surface area contributed by atoms with Gasteiger partial charge in [-0.1, -0.05) is 0 Å². The molecule has 0 bridgehead atoms. The molecule has 0 spiro atoms. The Bertz CT molecular complexity index is 230. The Morgan fingerprint density at radius 2 is 2.45 bits per heavy atom. The maximum atomic E-state index is 12.9. The second-order valence-corrected chi connectivity index (χ2v) is 1.95. The molecule has 1 rings (SSSR count). The van der Waals surface area contributed by atoms with Crippen molar-refractivity contribution < 1.29 is 14.2 Å². The van der Waals surface area contributed by atoms with E-state index in [4.69, 9.17) is 5.11 Å². The summed E-state index contributed by atoms with van der Waals surface area (Å²) in [6.45, 7) is -0.343. The molecule has 11 heavy (non-hydrogen) atoms. The molecular formula is C7H8FNO2. The molecule has 0 atom stereocenters. The van der Waals surface area contributed by atoms with Crippen molar-refractivity contribution in [1.29, 1.82) is 0 Å². The zero-order chi connectivity index (χ0) is 8.27. The van der Waals surface area contributed by atoms with Crippen LogP contribution in [0.25, 0.3) is 0 Å². The van der Waals surface area contributed by atoms with E-state index in [0.29, 0.717) is 0 Å². The SMILES string of the molecule is COc1nccc(CO)c1F. The lowest BCUT2D eigenvalue weighted by atomic mass is 10.3. The van der Waals surface area contributed by atoms with Crippen LogP contribution in [0.5, 0.6) is 5.88 Å². The zero-order valence-electron chi connectivity index (χ0n) is 6.04. The molecule has 1 aromatic rings. The van der Waals surface area contributed by atoms with Crippen LogP contribution >= 0.6 is 0 Å². The summed E-state index contributed by atoms with van der Waals surface area (Å²) in [4.78, 5) is 3.60. The van der Waals surface area contributed by atoms with Crippen LogP contribution in [0.1, 0.15) is 5.56 Å². The first-order valence-electron chi connectivity index (χ1n) is 3.07. The Morgan fingerprint density at radius 1 is 1.73 bits per heavy atom. The number of rotatable bonds is 2. The lowest BCUT2D eigenvalue weighted by molar-refractivity contribution is 0.271. The van der Waals surface area contributed by atoms with Crippen LogP contribution in [-0.4, -0.2) is 17.2 Å². The minimum Gasteiger partial charge on any atom is -0.479 e. The molecule has 0 saturated carbocycles. The summed E-state index contributed by atoms with van der Waals surface area (Å²) in [5, 5.41) is 8.62. The topological polar surface area (TPSA) is 42.4 Å². The van der Waals surface area contributed by atoms with Crippen molar-refractivity contribution in [3.63, 3.8) is 0 Å². The first kappa shape index (κ1) is 7.94. The van der Waals surface area contributed by atoms with E-state index >= 15 is 0 Å². The minimum absolute atomic E-state index is 0.0865. The van der Waals surface area contributed by atoms with Gasteiger partial charge in [0.25, 0.3) is 0 Å². The van der Waals surface area contributed by atoms with Gasteiger partial charge >= 0.3 is 0 Å². The van der Waals surface area contributed by atoms with Crippen LogP contribution in [0.15, 0.2) is 12.3 Å². The molecule has 0 aliphatic heterocycles. The van der Waals surface area contributed by atoms with Gasteiger partial charge in [0.2, 0.25) is 5.88 Å². The molecule has 0 aliphatic carbocycles. The van der Waals surface area contributed by atoms with Gasteiger partial charge in [0.05, 0.1) is 13.7 Å². The van der Waals surface area contributed by atoms with E-state index < -0.39 is 5.82 Å². The summed E-state index contributed by atoms with van der Waals surface area (Å²) in [6.07, 6.45) is 1.38. The van der Waals surface area contributed by atoms with Crippen LogP contribution in [0.4, 0.5) is 4.39 Å². The molecule has 1 N–H and O–H groups in total. The number of hydrogen-bond donors (Lipinski definition) is 1. The maximum absolute atomic E-state index is 12.9. The van der Waals surface area contributed by atoms with Gasteiger partial charge in [-0.25, -0.2) is 9.37 Å². The highest BCUT2D eigenvalue weighted by Crippen LogP contribution is 2.15. The molecule has 4 heteroatoms. The van der Waals surface area contributed by atoms with Crippen molar-refractivity contribution in [2.75, 3.05) is 7.11 Å². The smallest absolute Gasteiger partial charge is 0.250 e. The zero-order valence-corrected chi connectivity index (χ0v) is 6.04. The highest BCUT2D eigenvalue weighted by Gasteiger charge is 2.07. The number of aliphatic hydroxyl groups is 1. The van der Waals surface area contributed by atoms with Gasteiger partial charge in [0.1, 0.15) is 0 Å². The number of hydrogen-bond acceptors (Lipinski definition) is 3. The van der Waals surface area contributed by atoms with Crippen molar-refractivity contribution in [2.45, 2.75) is 6.61 Å². The average Bonchev–Trinajstić information content (AvgIpc) is 2.05. The third-order valence-corrected chi connectivity index (χ3v) is 1.30. The Hall–Kier alpha value is -1.16. The van der Waals surface area contributed by atoms with Gasteiger partial charge in [-0.05, 0) is 6.07 Å². The van der Waals surface area contributed by atoms with Gasteiger partial charge in [0, 0.05) is 11.8 Å². The molecule has 1 aromatic heterocycles. The van der Waals surface area contributed by atoms with E-state index in [0.717, 1.165) is 0 Å². The number of halogens is 1. The van der Waals surface area contributed by atoms with Crippen LogP contribution in [-0.2, 0) is 6.61 Å². The molecule has 0 amide bonds. The number of aliphatic hydroxyl groups excluding tert-OH is 1. The fourth-order valence-corrected chi connectivity index (χ4v) is 0.727. The summed E-state index contributed by atoms with van der Waals surface area (Å²) in [7, 11) is 1.33. The number of ether oxygens (including phenoxy) is 1. The van der Waals surface area contributed by atoms with Crippen molar-refractivity contribution in [2.24, 2.45) is 0 Å². The van der Waals surface area contributed by atoms with E-state index in [1.165, 1.54) is 19.4 Å². The summed E-state index contributed by atoms with van der Waals surface area (Å²) in [6, 6.07) is 1.40. The normalized spacial score (nSPS) is 9.73. The fraction of sp³-hybridized carbons (Fsp3) is 0.286. The molecule has 3 nitrogen and oxygen atoms in total. The monoisotopic (exact) mass is 157 g/mol. The molecule has 0 unspecified atom stereocenters. The third-order valence-electron chi connectivity index (χ3n) is 1.30. The molecule has 0 aliphatic rings. The number of methoxy groups -OCH3 is 1. The van der Waals surface area contributed by atoms with Crippen molar-refractivity contribution in [3.8, 4) is 5.88 Å². The first-order chi connectivity index (χ1) is 5.29. The second-order valence-electron chi connectivity index (χ2n) is 1.95. The first-order valence-corrected chi connectivity index (χ1v) is 3.07. The van der Waals surface area contributed by atoms with Crippen molar-refractivity contribution >= 4 is 0 Å². The predicted molar refractivity (Wildman–Crippen MR) is 36.7 cm³/mol. The van der Waals surface area contributed by atoms with Crippen LogP contribution in [0.3, 0.4) is 0 Å². The lowest BCUT2D eigenvalue weighted by Gasteiger charge is -2.02. The van der Waals surface area contributed by atoms with Gasteiger partial charge in [-0.3, -0.25) is 0 Å². The van der Waals surface area contributed by atoms with E-state index in [1.54, 1.807) is 0 Å². The number of aromatic nitrogens is 1. The molecule has 0 radical (unpaired) electrons. The third kappa shape index (κ3) is 1.46. The maximum Gasteiger partial charge on any atom is 0.250 e. The Labute approximate surface area is 63.5 Å². The summed E-state index contributed by atoms with van der Waals surface area (Å²) >= 11 is 0. The Morgan fingerprint density at radius 3 is 3.00 bits per heavy atom. The molecule has 1 heterocycles. The number of nitrogens with zero attached hydrogens (tertiary/aromatic N) is 1. The van der Waals surface area contributed by atoms with E-state index in [2.05, 4.69) is 9.72 Å². The van der Waals surface area contributed by atoms with Crippen LogP contribution in [0.2, 0.25) is 0 Å². The van der Waals surface area contributed by atoms with Gasteiger partial charge in [0.15, 0.2) is 5.82 Å². The molecule has 0 saturated heterocycles. The average molecular weight is 157 g/mol. The standard InChI is InChI=1S/C7H8FNO2/c1-11-7-6(8)5(4-10)2-3-9-7/h2-3,10H,4H2,1H3. The minimum atomic E-state index is -0.600. The summed E-state index contributed by atoms with van der Waals surface area (Å²) in [5.41, 5.74) is 0.192. The summed E-state index contributed by atoms with van der Waals surface area (Å²) in [5.74, 6) is -0.686. The molecule has 0 fully saturated rings. The van der Waals surface area contributed by atoms with Crippen molar-refractivity contribution in [3.05, 3.63) is 23.6 Å². The van der Waals surface area contributed by atoms with Gasteiger partial charge in [-0.15, -0.1) is 0 Å². The molecular weight excluding hydrogens is 149 g/mol. The molecule has 60 valence electrons. The Kier molecular flexibility index (Phi) is 2.38. The van der Waals surface area contributed by atoms with Crippen LogP contribution < -0.4 is 4.74 Å². The fourth-order valence-electron chi connectivity index (χ4n) is 0.727. The van der Waals surface area contributed by atoms with E-state index in [9.17, 15) is 4.39 Å². The van der Waals surface area contributed by atoms with Gasteiger partial charge in [-0.2, -0.15) is 0 Å². The van der Waals surface area contributed by atoms with E-state index in [-0.39, 0.29) is 18.1 Å². The number of pyridine rings is 1. The highest BCUT2D eigenvalue weighted by molar-refractivity contribution is 5.22. The van der Waals surface area contributed by atoms with Crippen LogP contribution in [0, 0.1) is 5.82 Å². The molecule has 0 aromatic carbocycles. The van der Waals surface area contributed by atoms with Gasteiger partial charge < -0.3 is 9.84 Å². The van der Waals surface area contributed by atoms with Crippen molar-refractivity contribution in [1.82, 2.24) is 4.98 Å². The predicted octanol–water partition coefficient (Wildman–Crippen LogP) is 0.722. The van der Waals surface area contributed by atoms with E-state index in [1.807, 2.05) is 0 Å². The Balaban J connectivity index is 3.10. The quantitative estimate of drug-likeness (QED) is 0.687. The highest BCUT2D eigenvalue weighted by atomic mass is 19.1. The second kappa shape index (κ2) is 3.30. The lowest BCUT2D eigenvalue weighted by Crippen LogP contribution is -1.96. The largest absolute Gasteiger partial charge is 0.479 e. The summed E-state index contributed by atoms with van der Waals surface area (Å²) < 4.78 is 17.5.